The van der Waals surface area contributed by atoms with Crippen LogP contribution in [0.25, 0.3) is 0 Å². The molecule has 0 radical (unpaired) electrons. The van der Waals surface area contributed by atoms with Gasteiger partial charge in [-0.25, -0.2) is 4.79 Å². The van der Waals surface area contributed by atoms with Gasteiger partial charge in [-0.15, -0.1) is 0 Å². The van der Waals surface area contributed by atoms with Gasteiger partial charge in [-0.3, -0.25) is 0 Å². The molecule has 2 aliphatic heterocycles. The zero-order valence-electron chi connectivity index (χ0n) is 10.9. The molecule has 98 valence electrons. The molecule has 5 atom stereocenters. The van der Waals surface area contributed by atoms with Gasteiger partial charge in [0.1, 0.15) is 6.10 Å². The first-order valence-electron chi connectivity index (χ1n) is 7.08. The maximum absolute atomic E-state index is 11.7. The normalized spacial score (nSPS) is 53.9. The summed E-state index contributed by atoms with van der Waals surface area (Å²) in [6.07, 6.45) is 5.81. The van der Waals surface area contributed by atoms with E-state index in [4.69, 9.17) is 9.47 Å². The highest BCUT2D eigenvalue weighted by Crippen LogP contribution is 2.62. The van der Waals surface area contributed by atoms with E-state index in [0.717, 1.165) is 19.4 Å². The second-order valence-electron chi connectivity index (χ2n) is 6.93. The van der Waals surface area contributed by atoms with E-state index in [1.165, 1.54) is 19.3 Å². The Morgan fingerprint density at radius 1 is 1.39 bits per heavy atom. The van der Waals surface area contributed by atoms with Crippen LogP contribution < -0.4 is 0 Å². The lowest BCUT2D eigenvalue weighted by atomic mass is 9.53. The summed E-state index contributed by atoms with van der Waals surface area (Å²) in [5.74, 6) is 0.666. The second-order valence-corrected chi connectivity index (χ2v) is 6.93. The summed E-state index contributed by atoms with van der Waals surface area (Å²) in [7, 11) is 0. The van der Waals surface area contributed by atoms with E-state index in [-0.39, 0.29) is 23.6 Å². The van der Waals surface area contributed by atoms with Crippen molar-refractivity contribution in [2.24, 2.45) is 17.3 Å². The zero-order valence-corrected chi connectivity index (χ0v) is 10.9. The summed E-state index contributed by atoms with van der Waals surface area (Å²) >= 11 is 0. The van der Waals surface area contributed by atoms with Crippen molar-refractivity contribution in [2.75, 3.05) is 6.61 Å². The number of carbonyl (C=O) groups is 1. The molecule has 0 aromatic carbocycles. The molecular weight excluding hydrogens is 228 g/mol. The summed E-state index contributed by atoms with van der Waals surface area (Å²) in [6.45, 7) is 7.22. The topological polar surface area (TPSA) is 38.8 Å². The molecule has 0 aromatic heterocycles. The number of carbonyl (C=O) groups excluding carboxylic acids is 1. The Labute approximate surface area is 108 Å². The van der Waals surface area contributed by atoms with Gasteiger partial charge in [0.15, 0.2) is 0 Å². The van der Waals surface area contributed by atoms with Gasteiger partial charge in [-0.1, -0.05) is 13.5 Å². The van der Waals surface area contributed by atoms with Gasteiger partial charge in [0.2, 0.25) is 0 Å². The van der Waals surface area contributed by atoms with E-state index in [2.05, 4.69) is 13.5 Å². The molecule has 0 unspecified atom stereocenters. The molecule has 3 nitrogen and oxygen atoms in total. The molecule has 1 spiro atoms. The van der Waals surface area contributed by atoms with Crippen LogP contribution in [-0.2, 0) is 14.3 Å². The Kier molecular flexibility index (Phi) is 1.95. The van der Waals surface area contributed by atoms with Crippen molar-refractivity contribution < 1.29 is 14.3 Å². The highest BCUT2D eigenvalue weighted by molar-refractivity contribution is 5.90. The third kappa shape index (κ3) is 1.26. The van der Waals surface area contributed by atoms with E-state index in [1.54, 1.807) is 0 Å². The Morgan fingerprint density at radius 2 is 2.17 bits per heavy atom. The quantitative estimate of drug-likeness (QED) is 0.375. The SMILES string of the molecule is C=C1C(=O)O[C@@H]2C[C@@]3(C)CCC[C@]4(CO4)[C@H]3C[C@H]12. The minimum Gasteiger partial charge on any atom is -0.458 e. The first-order chi connectivity index (χ1) is 8.54. The molecule has 2 aliphatic carbocycles. The fraction of sp³-hybridized carbons (Fsp3) is 0.800. The van der Waals surface area contributed by atoms with Crippen LogP contribution in [0.3, 0.4) is 0 Å². The molecule has 4 aliphatic rings. The minimum atomic E-state index is -0.169. The summed E-state index contributed by atoms with van der Waals surface area (Å²) in [5.41, 5.74) is 1.13. The van der Waals surface area contributed by atoms with Gasteiger partial charge in [0, 0.05) is 11.5 Å². The summed E-state index contributed by atoms with van der Waals surface area (Å²) < 4.78 is 11.3. The van der Waals surface area contributed by atoms with Crippen molar-refractivity contribution in [1.82, 2.24) is 0 Å². The lowest BCUT2D eigenvalue weighted by Gasteiger charge is -2.51. The van der Waals surface area contributed by atoms with Gasteiger partial charge in [-0.2, -0.15) is 0 Å². The Balaban J connectivity index is 1.69. The van der Waals surface area contributed by atoms with Crippen molar-refractivity contribution >= 4 is 5.97 Å². The predicted octanol–water partition coefficient (Wildman–Crippen LogP) is 2.45. The van der Waals surface area contributed by atoms with Gasteiger partial charge in [0.25, 0.3) is 0 Å². The maximum atomic E-state index is 11.7. The first-order valence-corrected chi connectivity index (χ1v) is 7.08. The third-order valence-electron chi connectivity index (χ3n) is 5.91. The molecular formula is C15H20O3. The monoisotopic (exact) mass is 248 g/mol. The molecule has 3 heteroatoms. The smallest absolute Gasteiger partial charge is 0.334 e. The van der Waals surface area contributed by atoms with Gasteiger partial charge in [0.05, 0.1) is 12.2 Å². The average Bonchev–Trinajstić information content (AvgIpc) is 3.02. The van der Waals surface area contributed by atoms with Crippen molar-refractivity contribution in [3.8, 4) is 0 Å². The van der Waals surface area contributed by atoms with E-state index in [0.29, 0.717) is 16.9 Å². The number of rotatable bonds is 0. The molecule has 2 saturated heterocycles. The van der Waals surface area contributed by atoms with Crippen LogP contribution in [0.2, 0.25) is 0 Å². The first kappa shape index (κ1) is 11.0. The van der Waals surface area contributed by atoms with Crippen LogP contribution in [0.4, 0.5) is 0 Å². The van der Waals surface area contributed by atoms with Crippen LogP contribution in [0.1, 0.15) is 39.0 Å². The molecule has 0 bridgehead atoms. The Bertz CT molecular complexity index is 437. The summed E-state index contributed by atoms with van der Waals surface area (Å²) in [6, 6.07) is 0. The highest BCUT2D eigenvalue weighted by Gasteiger charge is 2.64. The average molecular weight is 248 g/mol. The van der Waals surface area contributed by atoms with Crippen molar-refractivity contribution in [1.29, 1.82) is 0 Å². The molecule has 4 fully saturated rings. The van der Waals surface area contributed by atoms with Gasteiger partial charge < -0.3 is 9.47 Å². The van der Waals surface area contributed by atoms with Crippen LogP contribution in [0.15, 0.2) is 12.2 Å². The predicted molar refractivity (Wildman–Crippen MR) is 65.9 cm³/mol. The van der Waals surface area contributed by atoms with Crippen LogP contribution in [0.5, 0.6) is 0 Å². The number of esters is 1. The molecule has 18 heavy (non-hydrogen) atoms. The van der Waals surface area contributed by atoms with Crippen LogP contribution in [0, 0.1) is 17.3 Å². The number of hydrogen-bond acceptors (Lipinski definition) is 3. The number of epoxide rings is 1. The number of hydrogen-bond donors (Lipinski definition) is 0. The van der Waals surface area contributed by atoms with Crippen LogP contribution >= 0.6 is 0 Å². The fourth-order valence-electron chi connectivity index (χ4n) is 4.82. The molecule has 2 saturated carbocycles. The summed E-state index contributed by atoms with van der Waals surface area (Å²) in [5, 5.41) is 0. The van der Waals surface area contributed by atoms with E-state index >= 15 is 0 Å². The highest BCUT2D eigenvalue weighted by atomic mass is 16.6. The Morgan fingerprint density at radius 3 is 2.89 bits per heavy atom. The van der Waals surface area contributed by atoms with E-state index in [9.17, 15) is 4.79 Å². The lowest BCUT2D eigenvalue weighted by Crippen LogP contribution is -2.50. The lowest BCUT2D eigenvalue weighted by molar-refractivity contribution is -0.144. The fourth-order valence-corrected chi connectivity index (χ4v) is 4.82. The van der Waals surface area contributed by atoms with Gasteiger partial charge in [-0.05, 0) is 43.4 Å². The third-order valence-corrected chi connectivity index (χ3v) is 5.91. The minimum absolute atomic E-state index is 0.0835. The zero-order chi connectivity index (χ0) is 12.5. The largest absolute Gasteiger partial charge is 0.458 e. The van der Waals surface area contributed by atoms with Crippen molar-refractivity contribution in [3.05, 3.63) is 12.2 Å². The standard InChI is InChI=1S/C15H20O3/c1-9-10-6-12-14(2,7-11(10)18-13(9)16)4-3-5-15(12)8-17-15/h10-12H,1,3-8H2,2H3/t10-,11-,12+,14-,15+/m1/s1. The van der Waals surface area contributed by atoms with Crippen molar-refractivity contribution in [2.45, 2.75) is 50.7 Å². The van der Waals surface area contributed by atoms with Crippen LogP contribution in [-0.4, -0.2) is 24.3 Å². The number of fused-ring (bicyclic) bond motifs is 3. The van der Waals surface area contributed by atoms with Gasteiger partial charge >= 0.3 is 5.97 Å². The molecule has 0 amide bonds. The molecule has 2 heterocycles. The Hall–Kier alpha value is -0.830. The molecule has 4 rings (SSSR count). The molecule has 0 N–H and O–H groups in total. The molecule has 0 aromatic rings. The summed E-state index contributed by atoms with van der Waals surface area (Å²) in [4.78, 5) is 11.7. The van der Waals surface area contributed by atoms with Crippen molar-refractivity contribution in [3.63, 3.8) is 0 Å². The maximum Gasteiger partial charge on any atom is 0.334 e. The number of ether oxygens (including phenoxy) is 2. The van der Waals surface area contributed by atoms with E-state index < -0.39 is 0 Å². The van der Waals surface area contributed by atoms with E-state index in [1.807, 2.05) is 0 Å². The second kappa shape index (κ2) is 3.19.